The van der Waals surface area contributed by atoms with Gasteiger partial charge in [-0.15, -0.1) is 0 Å². The van der Waals surface area contributed by atoms with E-state index >= 15 is 0 Å². The molecule has 0 spiro atoms. The second-order valence-electron chi connectivity index (χ2n) is 5.51. The first-order chi connectivity index (χ1) is 8.08. The van der Waals surface area contributed by atoms with E-state index < -0.39 is 0 Å². The molecular formula is C15H24N2. The fourth-order valence-electron chi connectivity index (χ4n) is 2.76. The minimum absolute atomic E-state index is 0.331. The first-order valence-corrected chi connectivity index (χ1v) is 6.61. The van der Waals surface area contributed by atoms with Crippen molar-refractivity contribution in [1.82, 2.24) is 4.90 Å². The molecule has 0 radical (unpaired) electrons. The van der Waals surface area contributed by atoms with Crippen molar-refractivity contribution in [2.75, 3.05) is 13.1 Å². The largest absolute Gasteiger partial charge is 0.328 e. The summed E-state index contributed by atoms with van der Waals surface area (Å²) in [5.74, 6) is 0.680. The summed E-state index contributed by atoms with van der Waals surface area (Å²) in [6.07, 6.45) is 1.25. The number of aryl methyl sites for hydroxylation is 2. The van der Waals surface area contributed by atoms with Gasteiger partial charge in [0.2, 0.25) is 0 Å². The molecule has 0 saturated carbocycles. The summed E-state index contributed by atoms with van der Waals surface area (Å²) in [6, 6.07) is 6.89. The zero-order valence-corrected chi connectivity index (χ0v) is 11.2. The first-order valence-electron chi connectivity index (χ1n) is 6.61. The van der Waals surface area contributed by atoms with Crippen LogP contribution < -0.4 is 5.73 Å². The molecule has 0 amide bonds. The Balaban J connectivity index is 2.03. The van der Waals surface area contributed by atoms with Gasteiger partial charge in [-0.25, -0.2) is 0 Å². The lowest BCUT2D eigenvalue weighted by molar-refractivity contribution is 0.307. The van der Waals surface area contributed by atoms with E-state index in [1.165, 1.54) is 29.7 Å². The van der Waals surface area contributed by atoms with Gasteiger partial charge in [0.05, 0.1) is 0 Å². The maximum absolute atomic E-state index is 5.99. The van der Waals surface area contributed by atoms with Crippen LogP contribution in [0.2, 0.25) is 0 Å². The molecule has 2 atom stereocenters. The average molecular weight is 232 g/mol. The lowest BCUT2D eigenvalue weighted by Gasteiger charge is -2.20. The minimum Gasteiger partial charge on any atom is -0.328 e. The van der Waals surface area contributed by atoms with Crippen LogP contribution in [-0.2, 0) is 6.54 Å². The average Bonchev–Trinajstić information content (AvgIpc) is 2.72. The van der Waals surface area contributed by atoms with Crippen LogP contribution >= 0.6 is 0 Å². The van der Waals surface area contributed by atoms with E-state index in [1.807, 2.05) is 0 Å². The van der Waals surface area contributed by atoms with Crippen molar-refractivity contribution in [3.63, 3.8) is 0 Å². The van der Waals surface area contributed by atoms with Crippen molar-refractivity contribution in [3.05, 3.63) is 34.9 Å². The first kappa shape index (κ1) is 12.6. The van der Waals surface area contributed by atoms with Gasteiger partial charge in [0.1, 0.15) is 0 Å². The molecule has 2 N–H and O–H groups in total. The van der Waals surface area contributed by atoms with Crippen LogP contribution in [0.5, 0.6) is 0 Å². The van der Waals surface area contributed by atoms with E-state index in [0.717, 1.165) is 13.1 Å². The zero-order chi connectivity index (χ0) is 12.4. The molecular weight excluding hydrogens is 208 g/mol. The standard InChI is InChI=1S/C15H24N2/c1-11-5-4-6-12(2)15(11)10-17-8-7-14(9-17)13(3)16/h4-6,13-14H,7-10,16H2,1-3H3. The molecule has 1 saturated heterocycles. The molecule has 1 fully saturated rings. The van der Waals surface area contributed by atoms with E-state index in [0.29, 0.717) is 12.0 Å². The van der Waals surface area contributed by atoms with E-state index in [2.05, 4.69) is 43.9 Å². The van der Waals surface area contributed by atoms with Gasteiger partial charge >= 0.3 is 0 Å². The highest BCUT2D eigenvalue weighted by Gasteiger charge is 2.25. The topological polar surface area (TPSA) is 29.3 Å². The number of hydrogen-bond donors (Lipinski definition) is 1. The summed E-state index contributed by atoms with van der Waals surface area (Å²) in [5.41, 5.74) is 10.3. The normalized spacial score (nSPS) is 22.9. The Bertz CT molecular complexity index is 364. The summed E-state index contributed by atoms with van der Waals surface area (Å²) in [5, 5.41) is 0. The lowest BCUT2D eigenvalue weighted by Crippen LogP contribution is -2.29. The van der Waals surface area contributed by atoms with Crippen molar-refractivity contribution in [1.29, 1.82) is 0 Å². The number of benzene rings is 1. The van der Waals surface area contributed by atoms with Gasteiger partial charge < -0.3 is 5.73 Å². The molecule has 2 unspecified atom stereocenters. The van der Waals surface area contributed by atoms with Crippen LogP contribution in [-0.4, -0.2) is 24.0 Å². The van der Waals surface area contributed by atoms with E-state index in [4.69, 9.17) is 5.73 Å². The number of nitrogens with two attached hydrogens (primary N) is 1. The molecule has 0 aliphatic carbocycles. The molecule has 1 heterocycles. The maximum atomic E-state index is 5.99. The van der Waals surface area contributed by atoms with Crippen LogP contribution in [0.4, 0.5) is 0 Å². The number of likely N-dealkylation sites (tertiary alicyclic amines) is 1. The number of nitrogens with zero attached hydrogens (tertiary/aromatic N) is 1. The molecule has 0 aromatic heterocycles. The third-order valence-corrected chi connectivity index (χ3v) is 4.08. The molecule has 2 nitrogen and oxygen atoms in total. The third-order valence-electron chi connectivity index (χ3n) is 4.08. The zero-order valence-electron chi connectivity index (χ0n) is 11.2. The smallest absolute Gasteiger partial charge is 0.0239 e. The van der Waals surface area contributed by atoms with Gasteiger partial charge in [-0.05, 0) is 56.3 Å². The highest BCUT2D eigenvalue weighted by molar-refractivity contribution is 5.33. The van der Waals surface area contributed by atoms with Crippen molar-refractivity contribution < 1.29 is 0 Å². The second kappa shape index (κ2) is 5.19. The summed E-state index contributed by atoms with van der Waals surface area (Å²) >= 11 is 0. The van der Waals surface area contributed by atoms with Gasteiger partial charge in [0, 0.05) is 19.1 Å². The van der Waals surface area contributed by atoms with Crippen LogP contribution in [0.25, 0.3) is 0 Å². The SMILES string of the molecule is Cc1cccc(C)c1CN1CCC(C(C)N)C1. The molecule has 17 heavy (non-hydrogen) atoms. The minimum atomic E-state index is 0.331. The fraction of sp³-hybridized carbons (Fsp3) is 0.600. The van der Waals surface area contributed by atoms with Crippen LogP contribution in [0.1, 0.15) is 30.0 Å². The summed E-state index contributed by atoms with van der Waals surface area (Å²) < 4.78 is 0. The Morgan fingerprint density at radius 1 is 1.35 bits per heavy atom. The Hall–Kier alpha value is -0.860. The number of rotatable bonds is 3. The Morgan fingerprint density at radius 3 is 2.53 bits per heavy atom. The van der Waals surface area contributed by atoms with Crippen molar-refractivity contribution >= 4 is 0 Å². The van der Waals surface area contributed by atoms with Crippen LogP contribution in [0.3, 0.4) is 0 Å². The Kier molecular flexibility index (Phi) is 3.85. The molecule has 1 aliphatic heterocycles. The summed E-state index contributed by atoms with van der Waals surface area (Å²) in [4.78, 5) is 2.54. The summed E-state index contributed by atoms with van der Waals surface area (Å²) in [6.45, 7) is 9.99. The quantitative estimate of drug-likeness (QED) is 0.867. The Labute approximate surface area is 105 Å². The second-order valence-corrected chi connectivity index (χ2v) is 5.51. The molecule has 94 valence electrons. The van der Waals surface area contributed by atoms with E-state index in [-0.39, 0.29) is 0 Å². The van der Waals surface area contributed by atoms with E-state index in [1.54, 1.807) is 0 Å². The highest BCUT2D eigenvalue weighted by atomic mass is 15.1. The van der Waals surface area contributed by atoms with Gasteiger partial charge in [-0.1, -0.05) is 18.2 Å². The molecule has 1 aromatic carbocycles. The Morgan fingerprint density at radius 2 is 2.00 bits per heavy atom. The monoisotopic (exact) mass is 232 g/mol. The van der Waals surface area contributed by atoms with Crippen molar-refractivity contribution in [2.24, 2.45) is 11.7 Å². The predicted octanol–water partition coefficient (Wildman–Crippen LogP) is 2.47. The van der Waals surface area contributed by atoms with E-state index in [9.17, 15) is 0 Å². The molecule has 2 rings (SSSR count). The van der Waals surface area contributed by atoms with Gasteiger partial charge in [-0.3, -0.25) is 4.90 Å². The van der Waals surface area contributed by atoms with Gasteiger partial charge in [0.25, 0.3) is 0 Å². The highest BCUT2D eigenvalue weighted by Crippen LogP contribution is 2.23. The molecule has 1 aromatic rings. The fourth-order valence-corrected chi connectivity index (χ4v) is 2.76. The predicted molar refractivity (Wildman–Crippen MR) is 72.9 cm³/mol. The maximum Gasteiger partial charge on any atom is 0.0239 e. The molecule has 1 aliphatic rings. The molecule has 2 heteroatoms. The van der Waals surface area contributed by atoms with Crippen LogP contribution in [0.15, 0.2) is 18.2 Å². The molecule has 0 bridgehead atoms. The van der Waals surface area contributed by atoms with Crippen molar-refractivity contribution in [2.45, 2.75) is 39.8 Å². The van der Waals surface area contributed by atoms with Gasteiger partial charge in [0.15, 0.2) is 0 Å². The van der Waals surface area contributed by atoms with Gasteiger partial charge in [-0.2, -0.15) is 0 Å². The lowest BCUT2D eigenvalue weighted by atomic mass is 10.0. The van der Waals surface area contributed by atoms with Crippen molar-refractivity contribution in [3.8, 4) is 0 Å². The van der Waals surface area contributed by atoms with Crippen LogP contribution in [0, 0.1) is 19.8 Å². The summed E-state index contributed by atoms with van der Waals surface area (Å²) in [7, 11) is 0. The number of hydrogen-bond acceptors (Lipinski definition) is 2. The third kappa shape index (κ3) is 2.88.